The second kappa shape index (κ2) is 4.21. The maximum atomic E-state index is 11.9. The highest BCUT2D eigenvalue weighted by molar-refractivity contribution is 6.10. The van der Waals surface area contributed by atoms with Crippen LogP contribution in [0, 0.1) is 5.41 Å². The Morgan fingerprint density at radius 1 is 1.33 bits per heavy atom. The molecule has 1 heterocycles. The number of rotatable bonds is 3. The van der Waals surface area contributed by atoms with Gasteiger partial charge in [-0.05, 0) is 26.0 Å². The number of nitrogens with zero attached hydrogens (tertiary/aromatic N) is 1. The molecule has 1 aromatic heterocycles. The fraction of sp³-hybridized carbons (Fsp3) is 0.364. The van der Waals surface area contributed by atoms with Gasteiger partial charge in [0.25, 0.3) is 0 Å². The summed E-state index contributed by atoms with van der Waals surface area (Å²) in [5, 5.41) is 0. The average molecular weight is 207 g/mol. The van der Waals surface area contributed by atoms with Crippen molar-refractivity contribution >= 4 is 11.8 Å². The fourth-order valence-electron chi connectivity index (χ4n) is 1.17. The molecular weight excluding hydrogens is 194 g/mol. The van der Waals surface area contributed by atoms with Crippen LogP contribution < -0.4 is 0 Å². The normalized spacial score (nSPS) is 10.9. The number of esters is 1. The number of Topliss-reactive ketones (excluding diaryl/α,β-unsaturated/α-hetero) is 1. The van der Waals surface area contributed by atoms with Gasteiger partial charge in [-0.3, -0.25) is 14.6 Å². The zero-order chi connectivity index (χ0) is 11.5. The Morgan fingerprint density at radius 2 is 2.00 bits per heavy atom. The molecule has 0 bridgehead atoms. The van der Waals surface area contributed by atoms with Gasteiger partial charge in [-0.1, -0.05) is 6.07 Å². The van der Waals surface area contributed by atoms with Crippen LogP contribution in [0.1, 0.15) is 24.3 Å². The van der Waals surface area contributed by atoms with Gasteiger partial charge in [0, 0.05) is 6.20 Å². The first-order valence-corrected chi connectivity index (χ1v) is 4.54. The molecule has 0 unspecified atom stereocenters. The predicted molar refractivity (Wildman–Crippen MR) is 54.4 cm³/mol. The van der Waals surface area contributed by atoms with Crippen LogP contribution in [0.4, 0.5) is 0 Å². The number of ether oxygens (including phenoxy) is 1. The molecule has 15 heavy (non-hydrogen) atoms. The molecule has 0 spiro atoms. The van der Waals surface area contributed by atoms with E-state index in [1.807, 2.05) is 0 Å². The standard InChI is InChI=1S/C11H13NO3/c1-11(2,10(14)15-3)9(13)8-6-4-5-7-12-8/h4-7H,1-3H3. The zero-order valence-electron chi connectivity index (χ0n) is 8.98. The van der Waals surface area contributed by atoms with Gasteiger partial charge in [-0.15, -0.1) is 0 Å². The average Bonchev–Trinajstić information content (AvgIpc) is 2.28. The third kappa shape index (κ3) is 2.21. The summed E-state index contributed by atoms with van der Waals surface area (Å²) < 4.78 is 4.57. The fourth-order valence-corrected chi connectivity index (χ4v) is 1.17. The molecule has 4 nitrogen and oxygen atoms in total. The van der Waals surface area contributed by atoms with Crippen molar-refractivity contribution in [3.63, 3.8) is 0 Å². The van der Waals surface area contributed by atoms with Gasteiger partial charge in [0.15, 0.2) is 5.78 Å². The lowest BCUT2D eigenvalue weighted by Crippen LogP contribution is -2.35. The van der Waals surface area contributed by atoms with Crippen molar-refractivity contribution in [2.75, 3.05) is 7.11 Å². The molecule has 0 aliphatic carbocycles. The van der Waals surface area contributed by atoms with Crippen LogP contribution in [0.3, 0.4) is 0 Å². The largest absolute Gasteiger partial charge is 0.468 e. The first-order chi connectivity index (χ1) is 7.00. The van der Waals surface area contributed by atoms with Crippen LogP contribution in [-0.2, 0) is 9.53 Å². The lowest BCUT2D eigenvalue weighted by molar-refractivity contribution is -0.147. The Morgan fingerprint density at radius 3 is 2.47 bits per heavy atom. The molecule has 4 heteroatoms. The summed E-state index contributed by atoms with van der Waals surface area (Å²) >= 11 is 0. The minimum absolute atomic E-state index is 0.271. The highest BCUT2D eigenvalue weighted by atomic mass is 16.5. The van der Waals surface area contributed by atoms with Crippen LogP contribution in [0.15, 0.2) is 24.4 Å². The van der Waals surface area contributed by atoms with E-state index in [-0.39, 0.29) is 11.5 Å². The van der Waals surface area contributed by atoms with E-state index in [0.29, 0.717) is 0 Å². The molecule has 0 radical (unpaired) electrons. The van der Waals surface area contributed by atoms with E-state index in [0.717, 1.165) is 0 Å². The van der Waals surface area contributed by atoms with Crippen molar-refractivity contribution < 1.29 is 14.3 Å². The lowest BCUT2D eigenvalue weighted by atomic mass is 9.86. The molecule has 80 valence electrons. The monoisotopic (exact) mass is 207 g/mol. The van der Waals surface area contributed by atoms with Crippen LogP contribution in [0.25, 0.3) is 0 Å². The molecule has 0 fully saturated rings. The summed E-state index contributed by atoms with van der Waals surface area (Å²) in [6, 6.07) is 4.99. The highest BCUT2D eigenvalue weighted by Crippen LogP contribution is 2.22. The number of aromatic nitrogens is 1. The van der Waals surface area contributed by atoms with E-state index < -0.39 is 11.4 Å². The third-order valence-corrected chi connectivity index (χ3v) is 2.16. The minimum atomic E-state index is -1.19. The summed E-state index contributed by atoms with van der Waals surface area (Å²) in [5.74, 6) is -0.895. The number of pyridine rings is 1. The molecule has 0 saturated carbocycles. The van der Waals surface area contributed by atoms with Crippen molar-refractivity contribution in [2.45, 2.75) is 13.8 Å². The van der Waals surface area contributed by atoms with Crippen LogP contribution in [0.2, 0.25) is 0 Å². The van der Waals surface area contributed by atoms with E-state index in [1.54, 1.807) is 18.2 Å². The van der Waals surface area contributed by atoms with Gasteiger partial charge < -0.3 is 4.74 Å². The number of methoxy groups -OCH3 is 1. The number of carbonyl (C=O) groups excluding carboxylic acids is 2. The predicted octanol–water partition coefficient (Wildman–Crippen LogP) is 1.46. The smallest absolute Gasteiger partial charge is 0.319 e. The van der Waals surface area contributed by atoms with Crippen molar-refractivity contribution in [2.24, 2.45) is 5.41 Å². The van der Waals surface area contributed by atoms with Crippen LogP contribution in [0.5, 0.6) is 0 Å². The second-order valence-corrected chi connectivity index (χ2v) is 3.66. The molecule has 0 saturated heterocycles. The molecule has 0 aliphatic rings. The quantitative estimate of drug-likeness (QED) is 0.428. The van der Waals surface area contributed by atoms with Crippen molar-refractivity contribution in [3.05, 3.63) is 30.1 Å². The number of hydrogen-bond donors (Lipinski definition) is 0. The Labute approximate surface area is 88.3 Å². The molecule has 0 amide bonds. The lowest BCUT2D eigenvalue weighted by Gasteiger charge is -2.18. The molecule has 1 aromatic rings. The highest BCUT2D eigenvalue weighted by Gasteiger charge is 2.38. The summed E-state index contributed by atoms with van der Waals surface area (Å²) in [4.78, 5) is 27.2. The van der Waals surface area contributed by atoms with E-state index in [2.05, 4.69) is 9.72 Å². The Kier molecular flexibility index (Phi) is 3.19. The summed E-state index contributed by atoms with van der Waals surface area (Å²) in [7, 11) is 1.26. The molecule has 0 N–H and O–H groups in total. The zero-order valence-corrected chi connectivity index (χ0v) is 8.98. The van der Waals surface area contributed by atoms with Gasteiger partial charge >= 0.3 is 5.97 Å². The van der Waals surface area contributed by atoms with Gasteiger partial charge in [0.1, 0.15) is 11.1 Å². The maximum Gasteiger partial charge on any atom is 0.319 e. The van der Waals surface area contributed by atoms with Crippen molar-refractivity contribution in [1.82, 2.24) is 4.98 Å². The third-order valence-electron chi connectivity index (χ3n) is 2.16. The van der Waals surface area contributed by atoms with E-state index in [9.17, 15) is 9.59 Å². The Hall–Kier alpha value is -1.71. The molecule has 0 aliphatic heterocycles. The number of hydrogen-bond acceptors (Lipinski definition) is 4. The molecule has 1 rings (SSSR count). The SMILES string of the molecule is COC(=O)C(C)(C)C(=O)c1ccccn1. The summed E-state index contributed by atoms with van der Waals surface area (Å²) in [6.07, 6.45) is 1.51. The first kappa shape index (κ1) is 11.4. The van der Waals surface area contributed by atoms with Crippen molar-refractivity contribution in [3.8, 4) is 0 Å². The Bertz CT molecular complexity index is 371. The van der Waals surface area contributed by atoms with Crippen molar-refractivity contribution in [1.29, 1.82) is 0 Å². The van der Waals surface area contributed by atoms with E-state index in [4.69, 9.17) is 0 Å². The number of carbonyl (C=O) groups is 2. The van der Waals surface area contributed by atoms with Gasteiger partial charge in [-0.25, -0.2) is 0 Å². The summed E-state index contributed by atoms with van der Waals surface area (Å²) in [5.41, 5.74) is -0.920. The molecular formula is C11H13NO3. The minimum Gasteiger partial charge on any atom is -0.468 e. The van der Waals surface area contributed by atoms with Gasteiger partial charge in [-0.2, -0.15) is 0 Å². The molecule has 0 atom stereocenters. The maximum absolute atomic E-state index is 11.9. The van der Waals surface area contributed by atoms with E-state index >= 15 is 0 Å². The second-order valence-electron chi connectivity index (χ2n) is 3.66. The van der Waals surface area contributed by atoms with E-state index in [1.165, 1.54) is 27.2 Å². The van der Waals surface area contributed by atoms with Crippen LogP contribution >= 0.6 is 0 Å². The summed E-state index contributed by atoms with van der Waals surface area (Å²) in [6.45, 7) is 3.05. The first-order valence-electron chi connectivity index (χ1n) is 4.54. The van der Waals surface area contributed by atoms with Gasteiger partial charge in [0.05, 0.1) is 7.11 Å². The topological polar surface area (TPSA) is 56.3 Å². The van der Waals surface area contributed by atoms with Gasteiger partial charge in [0.2, 0.25) is 0 Å². The Balaban J connectivity index is 3.00. The van der Waals surface area contributed by atoms with Crippen LogP contribution in [-0.4, -0.2) is 23.8 Å². The number of ketones is 1. The molecule has 0 aromatic carbocycles.